The van der Waals surface area contributed by atoms with Crippen molar-refractivity contribution in [2.45, 2.75) is 19.9 Å². The zero-order valence-corrected chi connectivity index (χ0v) is 9.53. The second-order valence-corrected chi connectivity index (χ2v) is 4.21. The van der Waals surface area contributed by atoms with E-state index in [9.17, 15) is 4.79 Å². The molecule has 1 aromatic carbocycles. The molecule has 3 N–H and O–H groups in total. The molecule has 0 fully saturated rings. The first-order chi connectivity index (χ1) is 7.56. The summed E-state index contributed by atoms with van der Waals surface area (Å²) in [4.78, 5) is 13.5. The van der Waals surface area contributed by atoms with Crippen molar-refractivity contribution in [1.29, 1.82) is 0 Å². The fraction of sp³-hybridized carbons (Fsp3) is 0.417. The van der Waals surface area contributed by atoms with Crippen LogP contribution in [0, 0.1) is 13.8 Å². The molecular formula is C12H16N2O2. The highest BCUT2D eigenvalue weighted by molar-refractivity contribution is 6.05. The maximum Gasteiger partial charge on any atom is 0.248 e. The second kappa shape index (κ2) is 3.88. The summed E-state index contributed by atoms with van der Waals surface area (Å²) in [5.74, 6) is -0.127. The number of aliphatic hydroxyl groups excluding tert-OH is 1. The Balaban J connectivity index is 2.56. The van der Waals surface area contributed by atoms with E-state index in [1.54, 1.807) is 4.90 Å². The van der Waals surface area contributed by atoms with Crippen LogP contribution >= 0.6 is 0 Å². The quantitative estimate of drug-likeness (QED) is 0.768. The predicted octanol–water partition coefficient (Wildman–Crippen LogP) is 0.642. The summed E-state index contributed by atoms with van der Waals surface area (Å²) in [6.07, 6.45) is 0. The Morgan fingerprint density at radius 3 is 2.75 bits per heavy atom. The molecule has 0 aliphatic carbocycles. The lowest BCUT2D eigenvalue weighted by Crippen LogP contribution is -2.33. The Bertz CT molecular complexity index is 443. The summed E-state index contributed by atoms with van der Waals surface area (Å²) in [7, 11) is 0. The molecule has 1 aromatic rings. The van der Waals surface area contributed by atoms with Gasteiger partial charge in [-0.3, -0.25) is 4.79 Å². The number of carbonyl (C=O) groups is 1. The fourth-order valence-electron chi connectivity index (χ4n) is 2.32. The lowest BCUT2D eigenvalue weighted by atomic mass is 10.0. The van der Waals surface area contributed by atoms with Gasteiger partial charge in [0.25, 0.3) is 0 Å². The fourth-order valence-corrected chi connectivity index (χ4v) is 2.32. The van der Waals surface area contributed by atoms with Gasteiger partial charge in [0.1, 0.15) is 6.04 Å². The number of hydrogen-bond donors (Lipinski definition) is 2. The molecule has 0 bridgehead atoms. The lowest BCUT2D eigenvalue weighted by Gasteiger charge is -2.16. The first kappa shape index (κ1) is 11.1. The molecule has 0 aromatic heterocycles. The summed E-state index contributed by atoms with van der Waals surface area (Å²) < 4.78 is 0. The molecule has 2 rings (SSSR count). The molecule has 1 unspecified atom stereocenters. The van der Waals surface area contributed by atoms with Gasteiger partial charge >= 0.3 is 0 Å². The largest absolute Gasteiger partial charge is 0.395 e. The van der Waals surface area contributed by atoms with Crippen molar-refractivity contribution in [2.24, 2.45) is 5.73 Å². The van der Waals surface area contributed by atoms with E-state index < -0.39 is 6.04 Å². The molecule has 1 aliphatic heterocycles. The number of benzene rings is 1. The molecular weight excluding hydrogens is 204 g/mol. The minimum atomic E-state index is -0.581. The van der Waals surface area contributed by atoms with Crippen LogP contribution in [-0.2, 0) is 4.79 Å². The number of aryl methyl sites for hydroxylation is 2. The number of nitrogens with zero attached hydrogens (tertiary/aromatic N) is 1. The van der Waals surface area contributed by atoms with E-state index in [0.29, 0.717) is 6.54 Å². The van der Waals surface area contributed by atoms with Crippen LogP contribution < -0.4 is 10.6 Å². The molecule has 1 heterocycles. The second-order valence-electron chi connectivity index (χ2n) is 4.21. The van der Waals surface area contributed by atoms with Crippen LogP contribution in [-0.4, -0.2) is 24.2 Å². The van der Waals surface area contributed by atoms with Crippen molar-refractivity contribution >= 4 is 11.6 Å². The number of anilines is 1. The normalized spacial score (nSPS) is 19.1. The van der Waals surface area contributed by atoms with Gasteiger partial charge in [-0.25, -0.2) is 0 Å². The van der Waals surface area contributed by atoms with Crippen molar-refractivity contribution in [1.82, 2.24) is 0 Å². The summed E-state index contributed by atoms with van der Waals surface area (Å²) in [5.41, 5.74) is 9.77. The van der Waals surface area contributed by atoms with Crippen LogP contribution in [0.4, 0.5) is 5.69 Å². The van der Waals surface area contributed by atoms with Crippen LogP contribution in [0.15, 0.2) is 12.1 Å². The van der Waals surface area contributed by atoms with E-state index in [0.717, 1.165) is 22.4 Å². The lowest BCUT2D eigenvalue weighted by molar-refractivity contribution is -0.119. The van der Waals surface area contributed by atoms with Crippen LogP contribution in [0.1, 0.15) is 22.7 Å². The van der Waals surface area contributed by atoms with Gasteiger partial charge in [0.2, 0.25) is 5.91 Å². The first-order valence-corrected chi connectivity index (χ1v) is 5.35. The number of β-amino-alcohol motifs (C(OH)–C–C–N with tert-alkyl or cyclic N) is 1. The molecule has 0 saturated heterocycles. The molecule has 1 amide bonds. The number of hydrogen-bond acceptors (Lipinski definition) is 3. The zero-order valence-electron chi connectivity index (χ0n) is 9.53. The van der Waals surface area contributed by atoms with Gasteiger partial charge in [-0.05, 0) is 31.0 Å². The average Bonchev–Trinajstić information content (AvgIpc) is 2.44. The summed E-state index contributed by atoms with van der Waals surface area (Å²) in [6, 6.07) is 3.39. The Hall–Kier alpha value is -1.39. The number of amides is 1. The third-order valence-electron chi connectivity index (χ3n) is 2.97. The van der Waals surface area contributed by atoms with Crippen molar-refractivity contribution in [3.05, 3.63) is 28.8 Å². The van der Waals surface area contributed by atoms with Gasteiger partial charge in [-0.1, -0.05) is 6.07 Å². The van der Waals surface area contributed by atoms with Crippen molar-refractivity contribution in [2.75, 3.05) is 18.1 Å². The Morgan fingerprint density at radius 1 is 1.44 bits per heavy atom. The van der Waals surface area contributed by atoms with Gasteiger partial charge < -0.3 is 15.7 Å². The molecule has 1 aliphatic rings. The number of rotatable bonds is 2. The van der Waals surface area contributed by atoms with Crippen LogP contribution in [0.5, 0.6) is 0 Å². The molecule has 0 spiro atoms. The average molecular weight is 220 g/mol. The molecule has 1 atom stereocenters. The minimum absolute atomic E-state index is 0.0507. The van der Waals surface area contributed by atoms with Crippen molar-refractivity contribution in [3.8, 4) is 0 Å². The third kappa shape index (κ3) is 1.50. The smallest absolute Gasteiger partial charge is 0.248 e. The zero-order chi connectivity index (χ0) is 11.9. The first-order valence-electron chi connectivity index (χ1n) is 5.35. The molecule has 4 heteroatoms. The van der Waals surface area contributed by atoms with Crippen LogP contribution in [0.3, 0.4) is 0 Å². The molecule has 0 saturated carbocycles. The minimum Gasteiger partial charge on any atom is -0.395 e. The maximum atomic E-state index is 11.9. The molecule has 0 radical (unpaired) electrons. The van der Waals surface area contributed by atoms with E-state index in [-0.39, 0.29) is 12.5 Å². The standard InChI is InChI=1S/C12H16N2O2/c1-7-5-8(2)10-9(6-7)14(3-4-15)12(16)11(10)13/h5-6,11,15H,3-4,13H2,1-2H3. The van der Waals surface area contributed by atoms with Gasteiger partial charge in [0.15, 0.2) is 0 Å². The number of aliphatic hydroxyl groups is 1. The summed E-state index contributed by atoms with van der Waals surface area (Å²) >= 11 is 0. The van der Waals surface area contributed by atoms with Gasteiger partial charge in [-0.15, -0.1) is 0 Å². The van der Waals surface area contributed by atoms with Crippen molar-refractivity contribution in [3.63, 3.8) is 0 Å². The number of carbonyl (C=O) groups excluding carboxylic acids is 1. The van der Waals surface area contributed by atoms with E-state index in [1.807, 2.05) is 26.0 Å². The van der Waals surface area contributed by atoms with E-state index in [2.05, 4.69) is 0 Å². The number of nitrogens with two attached hydrogens (primary N) is 1. The SMILES string of the molecule is Cc1cc(C)c2c(c1)N(CCO)C(=O)C2N. The van der Waals surface area contributed by atoms with Gasteiger partial charge in [0, 0.05) is 17.8 Å². The Kier molecular flexibility index (Phi) is 2.69. The van der Waals surface area contributed by atoms with Crippen molar-refractivity contribution < 1.29 is 9.90 Å². The van der Waals surface area contributed by atoms with Gasteiger partial charge in [0.05, 0.1) is 6.61 Å². The Morgan fingerprint density at radius 2 is 2.12 bits per heavy atom. The van der Waals surface area contributed by atoms with Gasteiger partial charge in [-0.2, -0.15) is 0 Å². The van der Waals surface area contributed by atoms with E-state index in [4.69, 9.17) is 10.8 Å². The number of fused-ring (bicyclic) bond motifs is 1. The third-order valence-corrected chi connectivity index (χ3v) is 2.97. The molecule has 16 heavy (non-hydrogen) atoms. The van der Waals surface area contributed by atoms with E-state index in [1.165, 1.54) is 0 Å². The molecule has 4 nitrogen and oxygen atoms in total. The molecule has 86 valence electrons. The van der Waals surface area contributed by atoms with Crippen LogP contribution in [0.2, 0.25) is 0 Å². The maximum absolute atomic E-state index is 11.9. The van der Waals surface area contributed by atoms with E-state index >= 15 is 0 Å². The predicted molar refractivity (Wildman–Crippen MR) is 62.3 cm³/mol. The highest BCUT2D eigenvalue weighted by atomic mass is 16.3. The highest BCUT2D eigenvalue weighted by Gasteiger charge is 2.35. The summed E-state index contributed by atoms with van der Waals surface area (Å²) in [5, 5.41) is 8.96. The van der Waals surface area contributed by atoms with Crippen LogP contribution in [0.25, 0.3) is 0 Å². The monoisotopic (exact) mass is 220 g/mol. The Labute approximate surface area is 94.7 Å². The topological polar surface area (TPSA) is 66.6 Å². The summed E-state index contributed by atoms with van der Waals surface area (Å²) in [6.45, 7) is 4.20. The highest BCUT2D eigenvalue weighted by Crippen LogP contribution is 2.37.